The standard InChI is InChI=1S/C29H34N4O4/c34-25-19-33-24-8-2-1-7-23(24)29(28(33)36)11-15-32(26(35)17-20-9-13-30-14-10-20)27(29)21-5-3-6-22(18-21)37-16-4-12-31-25/h1-3,5-8,18,20,27,30H,4,9-17,19H2,(H,31,34)/t27-,29+/m0/s1. The Hall–Kier alpha value is -3.39. The van der Waals surface area contributed by atoms with E-state index < -0.39 is 11.5 Å². The third-order valence-electron chi connectivity index (χ3n) is 8.46. The van der Waals surface area contributed by atoms with Gasteiger partial charge in [0.25, 0.3) is 0 Å². The van der Waals surface area contributed by atoms with Crippen LogP contribution in [0.1, 0.15) is 49.3 Å². The fraction of sp³-hybridized carbons (Fsp3) is 0.483. The van der Waals surface area contributed by atoms with Crippen molar-refractivity contribution in [3.8, 4) is 5.75 Å². The van der Waals surface area contributed by atoms with Crippen molar-refractivity contribution in [3.05, 3.63) is 59.7 Å². The predicted octanol–water partition coefficient (Wildman–Crippen LogP) is 2.53. The smallest absolute Gasteiger partial charge is 0.240 e. The number of carbonyl (C=O) groups is 3. The summed E-state index contributed by atoms with van der Waals surface area (Å²) in [5.41, 5.74) is 1.63. The van der Waals surface area contributed by atoms with Gasteiger partial charge in [0.2, 0.25) is 17.7 Å². The van der Waals surface area contributed by atoms with E-state index in [0.717, 1.165) is 42.7 Å². The third-order valence-corrected chi connectivity index (χ3v) is 8.46. The second kappa shape index (κ2) is 9.82. The van der Waals surface area contributed by atoms with Crippen LogP contribution in [-0.2, 0) is 19.8 Å². The van der Waals surface area contributed by atoms with Crippen LogP contribution in [0.25, 0.3) is 0 Å². The quantitative estimate of drug-likeness (QED) is 0.659. The van der Waals surface area contributed by atoms with Gasteiger partial charge in [-0.25, -0.2) is 0 Å². The maximum Gasteiger partial charge on any atom is 0.240 e. The van der Waals surface area contributed by atoms with Crippen molar-refractivity contribution in [2.45, 2.75) is 43.6 Å². The van der Waals surface area contributed by atoms with Gasteiger partial charge in [-0.15, -0.1) is 0 Å². The number of carbonyl (C=O) groups excluding carboxylic acids is 3. The van der Waals surface area contributed by atoms with Crippen molar-refractivity contribution in [1.29, 1.82) is 0 Å². The summed E-state index contributed by atoms with van der Waals surface area (Å²) in [5.74, 6) is 0.871. The van der Waals surface area contributed by atoms with Gasteiger partial charge in [0, 0.05) is 25.2 Å². The third kappa shape index (κ3) is 4.17. The highest BCUT2D eigenvalue weighted by Crippen LogP contribution is 2.57. The molecule has 4 bridgehead atoms. The number of fused-ring (bicyclic) bond motifs is 6. The van der Waals surface area contributed by atoms with Gasteiger partial charge in [-0.2, -0.15) is 0 Å². The van der Waals surface area contributed by atoms with Gasteiger partial charge in [0.05, 0.1) is 12.6 Å². The molecule has 6 rings (SSSR count). The molecule has 4 heterocycles. The number of likely N-dealkylation sites (tertiary alicyclic amines) is 1. The van der Waals surface area contributed by atoms with Gasteiger partial charge in [-0.3, -0.25) is 14.4 Å². The summed E-state index contributed by atoms with van der Waals surface area (Å²) in [4.78, 5) is 44.7. The molecule has 2 atom stereocenters. The minimum atomic E-state index is -0.941. The maximum atomic E-state index is 14.4. The number of piperidine rings is 1. The van der Waals surface area contributed by atoms with Crippen molar-refractivity contribution in [2.24, 2.45) is 5.92 Å². The van der Waals surface area contributed by atoms with Crippen LogP contribution in [0, 0.1) is 5.92 Å². The molecule has 4 aliphatic heterocycles. The molecule has 3 amide bonds. The maximum absolute atomic E-state index is 14.4. The highest BCUT2D eigenvalue weighted by molar-refractivity contribution is 6.12. The lowest BCUT2D eigenvalue weighted by Gasteiger charge is -2.36. The van der Waals surface area contributed by atoms with Gasteiger partial charge in [-0.1, -0.05) is 30.3 Å². The SMILES string of the molecule is O=C1CN2C(=O)[C@]3(CCN(C(=O)CC4CCNCC4)[C@H]3c3cccc(c3)OCCCN1)c1ccccc12. The van der Waals surface area contributed by atoms with E-state index in [9.17, 15) is 14.4 Å². The van der Waals surface area contributed by atoms with Crippen LogP contribution in [0.2, 0.25) is 0 Å². The number of benzene rings is 2. The molecule has 2 saturated heterocycles. The molecule has 37 heavy (non-hydrogen) atoms. The molecule has 0 saturated carbocycles. The number of nitrogens with one attached hydrogen (secondary N) is 2. The average molecular weight is 503 g/mol. The minimum Gasteiger partial charge on any atom is -0.494 e. The van der Waals surface area contributed by atoms with Crippen molar-refractivity contribution >= 4 is 23.4 Å². The Balaban J connectivity index is 1.46. The molecule has 194 valence electrons. The second-order valence-electron chi connectivity index (χ2n) is 10.6. The van der Waals surface area contributed by atoms with Crippen molar-refractivity contribution in [3.63, 3.8) is 0 Å². The molecule has 0 aromatic heterocycles. The highest BCUT2D eigenvalue weighted by atomic mass is 16.5. The monoisotopic (exact) mass is 502 g/mol. The van der Waals surface area contributed by atoms with Crippen LogP contribution in [0.4, 0.5) is 5.69 Å². The molecule has 0 aliphatic carbocycles. The summed E-state index contributed by atoms with van der Waals surface area (Å²) >= 11 is 0. The van der Waals surface area contributed by atoms with Gasteiger partial charge in [0.15, 0.2) is 0 Å². The zero-order chi connectivity index (χ0) is 25.4. The average Bonchev–Trinajstić information content (AvgIpc) is 3.42. The Morgan fingerprint density at radius 3 is 2.76 bits per heavy atom. The number of rotatable bonds is 2. The fourth-order valence-electron chi connectivity index (χ4n) is 6.69. The molecule has 2 aromatic carbocycles. The van der Waals surface area contributed by atoms with Crippen LogP contribution in [-0.4, -0.2) is 62.0 Å². The lowest BCUT2D eigenvalue weighted by Crippen LogP contribution is -2.48. The zero-order valence-corrected chi connectivity index (χ0v) is 21.1. The fourth-order valence-corrected chi connectivity index (χ4v) is 6.69. The topological polar surface area (TPSA) is 91.0 Å². The molecule has 8 nitrogen and oxygen atoms in total. The molecule has 2 fully saturated rings. The van der Waals surface area contributed by atoms with E-state index in [2.05, 4.69) is 10.6 Å². The summed E-state index contributed by atoms with van der Waals surface area (Å²) in [6, 6.07) is 15.2. The number of ether oxygens (including phenoxy) is 1. The lowest BCUT2D eigenvalue weighted by molar-refractivity contribution is -0.135. The molecule has 0 unspecified atom stereocenters. The number of nitrogens with zero attached hydrogens (tertiary/aromatic N) is 2. The minimum absolute atomic E-state index is 0.0335. The molecular formula is C29H34N4O4. The zero-order valence-electron chi connectivity index (χ0n) is 21.1. The van der Waals surface area contributed by atoms with E-state index in [0.29, 0.717) is 50.6 Å². The number of para-hydroxylation sites is 1. The van der Waals surface area contributed by atoms with Crippen LogP contribution < -0.4 is 20.3 Å². The molecule has 0 radical (unpaired) electrons. The Morgan fingerprint density at radius 2 is 1.89 bits per heavy atom. The summed E-state index contributed by atoms with van der Waals surface area (Å²) in [6.45, 7) is 3.30. The molecule has 2 aromatic rings. The predicted molar refractivity (Wildman–Crippen MR) is 139 cm³/mol. The number of hydrogen-bond donors (Lipinski definition) is 2. The number of anilines is 1. The first-order valence-corrected chi connectivity index (χ1v) is 13.5. The second-order valence-corrected chi connectivity index (χ2v) is 10.6. The van der Waals surface area contributed by atoms with E-state index in [1.165, 1.54) is 0 Å². The van der Waals surface area contributed by atoms with E-state index >= 15 is 0 Å². The first-order chi connectivity index (χ1) is 18.1. The van der Waals surface area contributed by atoms with E-state index in [1.54, 1.807) is 4.90 Å². The van der Waals surface area contributed by atoms with Crippen molar-refractivity contribution in [2.75, 3.05) is 44.2 Å². The van der Waals surface area contributed by atoms with E-state index in [4.69, 9.17) is 4.74 Å². The molecular weight excluding hydrogens is 468 g/mol. The number of amides is 3. The largest absolute Gasteiger partial charge is 0.494 e. The Bertz CT molecular complexity index is 1210. The number of hydrogen-bond acceptors (Lipinski definition) is 5. The Morgan fingerprint density at radius 1 is 1.05 bits per heavy atom. The molecule has 8 heteroatoms. The van der Waals surface area contributed by atoms with Gasteiger partial charge in [0.1, 0.15) is 17.7 Å². The summed E-state index contributed by atoms with van der Waals surface area (Å²) in [7, 11) is 0. The van der Waals surface area contributed by atoms with Crippen LogP contribution in [0.3, 0.4) is 0 Å². The van der Waals surface area contributed by atoms with Crippen LogP contribution >= 0.6 is 0 Å². The summed E-state index contributed by atoms with van der Waals surface area (Å²) in [5, 5.41) is 6.30. The van der Waals surface area contributed by atoms with Crippen molar-refractivity contribution in [1.82, 2.24) is 15.5 Å². The van der Waals surface area contributed by atoms with Crippen molar-refractivity contribution < 1.29 is 19.1 Å². The lowest BCUT2D eigenvalue weighted by atomic mass is 9.72. The summed E-state index contributed by atoms with van der Waals surface area (Å²) in [6.07, 6.45) is 3.66. The van der Waals surface area contributed by atoms with E-state index in [1.807, 2.05) is 53.4 Å². The molecule has 4 aliphatic rings. The van der Waals surface area contributed by atoms with Gasteiger partial charge in [-0.05, 0) is 74.0 Å². The van der Waals surface area contributed by atoms with Crippen LogP contribution in [0.5, 0.6) is 5.75 Å². The summed E-state index contributed by atoms with van der Waals surface area (Å²) < 4.78 is 6.01. The Kier molecular flexibility index (Phi) is 6.36. The first kappa shape index (κ1) is 24.0. The highest BCUT2D eigenvalue weighted by Gasteiger charge is 2.61. The first-order valence-electron chi connectivity index (χ1n) is 13.5. The normalized spacial score (nSPS) is 26.1. The van der Waals surface area contributed by atoms with Gasteiger partial charge >= 0.3 is 0 Å². The molecule has 1 spiro atoms. The van der Waals surface area contributed by atoms with Gasteiger partial charge < -0.3 is 25.2 Å². The molecule has 2 N–H and O–H groups in total. The Labute approximate surface area is 217 Å². The van der Waals surface area contributed by atoms with E-state index in [-0.39, 0.29) is 24.3 Å². The van der Waals surface area contributed by atoms with Crippen LogP contribution in [0.15, 0.2) is 48.5 Å².